The first-order chi connectivity index (χ1) is 14.0. The number of aryl methyl sites for hydroxylation is 1. The SMILES string of the molecule is CCCCc1ccc2c3c(C(N)=O)cccc3n(Cc3ccc(Br)cc3F)c2c1. The van der Waals surface area contributed by atoms with Crippen molar-refractivity contribution in [3.63, 3.8) is 0 Å². The molecule has 1 heterocycles. The monoisotopic (exact) mass is 452 g/mol. The summed E-state index contributed by atoms with van der Waals surface area (Å²) in [6.07, 6.45) is 3.22. The summed E-state index contributed by atoms with van der Waals surface area (Å²) >= 11 is 3.31. The normalized spacial score (nSPS) is 11.4. The molecule has 0 bridgehead atoms. The third-order valence-electron chi connectivity index (χ3n) is 5.38. The summed E-state index contributed by atoms with van der Waals surface area (Å²) in [6.45, 7) is 2.55. The Morgan fingerprint density at radius 2 is 1.93 bits per heavy atom. The lowest BCUT2D eigenvalue weighted by Gasteiger charge is -2.10. The second-order valence-electron chi connectivity index (χ2n) is 7.34. The first-order valence-corrected chi connectivity index (χ1v) is 10.6. The van der Waals surface area contributed by atoms with Crippen molar-refractivity contribution < 1.29 is 9.18 Å². The highest BCUT2D eigenvalue weighted by molar-refractivity contribution is 9.10. The van der Waals surface area contributed by atoms with Gasteiger partial charge in [-0.2, -0.15) is 0 Å². The Kier molecular flexibility index (Phi) is 5.41. The van der Waals surface area contributed by atoms with Crippen LogP contribution in [0.4, 0.5) is 4.39 Å². The van der Waals surface area contributed by atoms with Crippen LogP contribution >= 0.6 is 15.9 Å². The molecule has 0 atom stereocenters. The minimum atomic E-state index is -0.459. The van der Waals surface area contributed by atoms with Gasteiger partial charge in [0.2, 0.25) is 5.91 Å². The van der Waals surface area contributed by atoms with Crippen LogP contribution in [-0.4, -0.2) is 10.5 Å². The summed E-state index contributed by atoms with van der Waals surface area (Å²) in [6, 6.07) is 17.0. The second-order valence-corrected chi connectivity index (χ2v) is 8.26. The summed E-state index contributed by atoms with van der Waals surface area (Å²) in [5.74, 6) is -0.720. The maximum Gasteiger partial charge on any atom is 0.249 e. The van der Waals surface area contributed by atoms with Crippen LogP contribution in [-0.2, 0) is 13.0 Å². The van der Waals surface area contributed by atoms with E-state index in [-0.39, 0.29) is 5.82 Å². The lowest BCUT2D eigenvalue weighted by Crippen LogP contribution is -2.11. The number of rotatable bonds is 6. The summed E-state index contributed by atoms with van der Waals surface area (Å²) in [5, 5.41) is 1.79. The van der Waals surface area contributed by atoms with Gasteiger partial charge in [-0.25, -0.2) is 4.39 Å². The lowest BCUT2D eigenvalue weighted by molar-refractivity contribution is 0.100. The predicted molar refractivity (Wildman–Crippen MR) is 120 cm³/mol. The number of fused-ring (bicyclic) bond motifs is 3. The Bertz CT molecular complexity index is 1230. The van der Waals surface area contributed by atoms with E-state index in [1.54, 1.807) is 12.1 Å². The van der Waals surface area contributed by atoms with Gasteiger partial charge < -0.3 is 10.3 Å². The van der Waals surface area contributed by atoms with E-state index in [2.05, 4.69) is 45.6 Å². The number of halogens is 2. The Hall–Kier alpha value is -2.66. The molecule has 4 rings (SSSR count). The van der Waals surface area contributed by atoms with Crippen molar-refractivity contribution in [3.8, 4) is 0 Å². The van der Waals surface area contributed by atoms with Crippen LogP contribution in [0.5, 0.6) is 0 Å². The van der Waals surface area contributed by atoms with Crippen molar-refractivity contribution in [1.29, 1.82) is 0 Å². The molecule has 5 heteroatoms. The number of carbonyl (C=O) groups is 1. The third kappa shape index (κ3) is 3.67. The molecule has 0 aliphatic rings. The van der Waals surface area contributed by atoms with Crippen LogP contribution in [0.2, 0.25) is 0 Å². The van der Waals surface area contributed by atoms with Crippen LogP contribution in [0.15, 0.2) is 59.1 Å². The van der Waals surface area contributed by atoms with Crippen molar-refractivity contribution in [1.82, 2.24) is 4.57 Å². The molecule has 0 saturated heterocycles. The molecule has 3 nitrogen and oxygen atoms in total. The largest absolute Gasteiger partial charge is 0.366 e. The van der Waals surface area contributed by atoms with Crippen LogP contribution in [0.1, 0.15) is 41.3 Å². The van der Waals surface area contributed by atoms with Gasteiger partial charge in [0, 0.05) is 31.9 Å². The zero-order valence-corrected chi connectivity index (χ0v) is 17.8. The highest BCUT2D eigenvalue weighted by atomic mass is 79.9. The van der Waals surface area contributed by atoms with E-state index in [9.17, 15) is 9.18 Å². The Balaban J connectivity index is 1.98. The first kappa shape index (κ1) is 19.6. The van der Waals surface area contributed by atoms with Gasteiger partial charge >= 0.3 is 0 Å². The second kappa shape index (κ2) is 7.99. The van der Waals surface area contributed by atoms with Crippen LogP contribution in [0.25, 0.3) is 21.8 Å². The highest BCUT2D eigenvalue weighted by Gasteiger charge is 2.17. The Morgan fingerprint density at radius 3 is 2.66 bits per heavy atom. The van der Waals surface area contributed by atoms with E-state index in [0.29, 0.717) is 22.1 Å². The number of benzene rings is 3. The molecule has 0 fully saturated rings. The molecular weight excluding hydrogens is 431 g/mol. The summed E-state index contributed by atoms with van der Waals surface area (Å²) in [4.78, 5) is 12.1. The molecule has 0 saturated carbocycles. The van der Waals surface area contributed by atoms with Crippen LogP contribution in [0, 0.1) is 5.82 Å². The minimum absolute atomic E-state index is 0.262. The smallest absolute Gasteiger partial charge is 0.249 e. The quantitative estimate of drug-likeness (QED) is 0.372. The number of hydrogen-bond acceptors (Lipinski definition) is 1. The number of nitrogens with zero attached hydrogens (tertiary/aromatic N) is 1. The fourth-order valence-electron chi connectivity index (χ4n) is 3.92. The first-order valence-electron chi connectivity index (χ1n) is 9.77. The van der Waals surface area contributed by atoms with Gasteiger partial charge in [0.1, 0.15) is 5.82 Å². The standard InChI is InChI=1S/C24H22BrFN2O/c1-2-3-5-15-8-11-18-22(12-15)28(14-16-9-10-17(25)13-20(16)26)21-7-4-6-19(23(18)21)24(27)29/h4,6-13H,2-3,5,14H2,1H3,(H2,27,29). The molecule has 1 amide bonds. The van der Waals surface area contributed by atoms with Gasteiger partial charge in [-0.1, -0.05) is 53.5 Å². The molecule has 0 aliphatic carbocycles. The van der Waals surface area contributed by atoms with Gasteiger partial charge in [-0.15, -0.1) is 0 Å². The van der Waals surface area contributed by atoms with E-state index in [0.717, 1.165) is 41.1 Å². The Labute approximate surface area is 177 Å². The molecule has 2 N–H and O–H groups in total. The summed E-state index contributed by atoms with van der Waals surface area (Å²) in [7, 11) is 0. The van der Waals surface area contributed by atoms with Crippen molar-refractivity contribution >= 4 is 43.6 Å². The van der Waals surface area contributed by atoms with E-state index < -0.39 is 5.91 Å². The molecule has 0 unspecified atom stereocenters. The maximum absolute atomic E-state index is 14.6. The summed E-state index contributed by atoms with van der Waals surface area (Å²) < 4.78 is 17.4. The lowest BCUT2D eigenvalue weighted by atomic mass is 10.0. The van der Waals surface area contributed by atoms with Gasteiger partial charge in [0.05, 0.1) is 12.1 Å². The molecule has 148 valence electrons. The highest BCUT2D eigenvalue weighted by Crippen LogP contribution is 2.33. The molecule has 0 radical (unpaired) electrons. The zero-order chi connectivity index (χ0) is 20.5. The van der Waals surface area contributed by atoms with Gasteiger partial charge in [-0.3, -0.25) is 4.79 Å². The molecule has 0 aliphatic heterocycles. The van der Waals surface area contributed by atoms with Crippen molar-refractivity contribution in [2.24, 2.45) is 5.73 Å². The fourth-order valence-corrected chi connectivity index (χ4v) is 4.26. The Morgan fingerprint density at radius 1 is 1.10 bits per heavy atom. The van der Waals surface area contributed by atoms with Crippen molar-refractivity contribution in [2.45, 2.75) is 32.7 Å². The topological polar surface area (TPSA) is 48.0 Å². The maximum atomic E-state index is 14.6. The molecular formula is C24H22BrFN2O. The van der Waals surface area contributed by atoms with E-state index in [4.69, 9.17) is 5.73 Å². The van der Waals surface area contributed by atoms with E-state index >= 15 is 0 Å². The van der Waals surface area contributed by atoms with Gasteiger partial charge in [0.25, 0.3) is 0 Å². The minimum Gasteiger partial charge on any atom is -0.366 e. The zero-order valence-electron chi connectivity index (χ0n) is 16.2. The van der Waals surface area contributed by atoms with Crippen LogP contribution in [0.3, 0.4) is 0 Å². The predicted octanol–water partition coefficient (Wildman–Crippen LogP) is 6.19. The van der Waals surface area contributed by atoms with Crippen molar-refractivity contribution in [3.05, 3.63) is 81.6 Å². The number of aromatic nitrogens is 1. The third-order valence-corrected chi connectivity index (χ3v) is 5.88. The van der Waals surface area contributed by atoms with Gasteiger partial charge in [-0.05, 0) is 48.7 Å². The molecule has 0 spiro atoms. The summed E-state index contributed by atoms with van der Waals surface area (Å²) in [5.41, 5.74) is 9.85. The molecule has 1 aromatic heterocycles. The number of primary amides is 1. The van der Waals surface area contributed by atoms with E-state index in [1.165, 1.54) is 11.6 Å². The van der Waals surface area contributed by atoms with Crippen LogP contribution < -0.4 is 5.73 Å². The molecule has 4 aromatic rings. The average Bonchev–Trinajstić information content (AvgIpc) is 3.01. The molecule has 3 aromatic carbocycles. The number of nitrogens with two attached hydrogens (primary N) is 1. The average molecular weight is 453 g/mol. The number of hydrogen-bond donors (Lipinski definition) is 1. The van der Waals surface area contributed by atoms with Gasteiger partial charge in [0.15, 0.2) is 0 Å². The number of amides is 1. The molecule has 29 heavy (non-hydrogen) atoms. The van der Waals surface area contributed by atoms with E-state index in [1.807, 2.05) is 18.2 Å². The number of carbonyl (C=O) groups excluding carboxylic acids is 1. The number of unbranched alkanes of at least 4 members (excludes halogenated alkanes) is 1. The van der Waals surface area contributed by atoms with Crippen molar-refractivity contribution in [2.75, 3.05) is 0 Å². The fraction of sp³-hybridized carbons (Fsp3) is 0.208.